The van der Waals surface area contributed by atoms with Gasteiger partial charge in [0.15, 0.2) is 0 Å². The molecule has 2 N–H and O–H groups in total. The summed E-state index contributed by atoms with van der Waals surface area (Å²) in [5, 5.41) is 20.4. The molecule has 1 aromatic rings. The molecule has 0 bridgehead atoms. The lowest BCUT2D eigenvalue weighted by Gasteiger charge is -2.47. The Bertz CT molecular complexity index is 689. The summed E-state index contributed by atoms with van der Waals surface area (Å²) in [6, 6.07) is 4.10. The molecule has 1 aromatic carbocycles. The lowest BCUT2D eigenvalue weighted by Crippen LogP contribution is -2.45. The van der Waals surface area contributed by atoms with Gasteiger partial charge >= 0.3 is 0 Å². The third-order valence-electron chi connectivity index (χ3n) is 6.72. The van der Waals surface area contributed by atoms with Crippen LogP contribution in [0.5, 0.6) is 11.5 Å². The van der Waals surface area contributed by atoms with Crippen molar-refractivity contribution in [1.29, 1.82) is 0 Å². The van der Waals surface area contributed by atoms with Crippen molar-refractivity contribution in [3.05, 3.63) is 34.9 Å². The van der Waals surface area contributed by atoms with E-state index in [0.29, 0.717) is 11.7 Å². The Morgan fingerprint density at radius 1 is 1.07 bits per heavy atom. The van der Waals surface area contributed by atoms with Gasteiger partial charge in [0.2, 0.25) is 0 Å². The monoisotopic (exact) mass is 386 g/mol. The SMILES string of the molecule is CCCCCCCCCc1cc(O)c2c(c1)OC(C)(C)[C@@H]1CC=C(CO)C[C@@H]21. The molecule has 2 aliphatic rings. The molecule has 3 rings (SSSR count). The van der Waals surface area contributed by atoms with Crippen LogP contribution in [0, 0.1) is 5.92 Å². The number of rotatable bonds is 9. The van der Waals surface area contributed by atoms with E-state index in [1.807, 2.05) is 6.07 Å². The summed E-state index contributed by atoms with van der Waals surface area (Å²) in [5.41, 5.74) is 2.94. The first-order valence-corrected chi connectivity index (χ1v) is 11.3. The number of phenolic OH excluding ortho intramolecular Hbond substituents is 1. The van der Waals surface area contributed by atoms with Gasteiger partial charge in [0.1, 0.15) is 17.1 Å². The summed E-state index contributed by atoms with van der Waals surface area (Å²) < 4.78 is 6.40. The quantitative estimate of drug-likeness (QED) is 0.388. The maximum atomic E-state index is 10.8. The molecule has 1 heterocycles. The highest BCUT2D eigenvalue weighted by Crippen LogP contribution is 2.54. The first-order valence-electron chi connectivity index (χ1n) is 11.3. The fraction of sp³-hybridized carbons (Fsp3) is 0.680. The number of aliphatic hydroxyl groups is 1. The Hall–Kier alpha value is -1.48. The Morgan fingerprint density at radius 2 is 1.79 bits per heavy atom. The predicted octanol–water partition coefficient (Wildman–Crippen LogP) is 6.27. The van der Waals surface area contributed by atoms with Crippen molar-refractivity contribution in [3.8, 4) is 11.5 Å². The molecular weight excluding hydrogens is 348 g/mol. The number of aliphatic hydroxyl groups excluding tert-OH is 1. The summed E-state index contributed by atoms with van der Waals surface area (Å²) in [4.78, 5) is 0. The molecule has 1 aliphatic carbocycles. The van der Waals surface area contributed by atoms with Gasteiger partial charge < -0.3 is 14.9 Å². The van der Waals surface area contributed by atoms with Gasteiger partial charge in [-0.25, -0.2) is 0 Å². The highest BCUT2D eigenvalue weighted by Gasteiger charge is 2.45. The Kier molecular flexibility index (Phi) is 7.09. The third-order valence-corrected chi connectivity index (χ3v) is 6.72. The highest BCUT2D eigenvalue weighted by molar-refractivity contribution is 5.52. The lowest BCUT2D eigenvalue weighted by atomic mass is 9.67. The molecule has 0 amide bonds. The summed E-state index contributed by atoms with van der Waals surface area (Å²) in [6.45, 7) is 6.68. The molecule has 1 aliphatic heterocycles. The second kappa shape index (κ2) is 9.35. The number of benzene rings is 1. The number of allylic oxidation sites excluding steroid dienone is 1. The third kappa shape index (κ3) is 4.74. The maximum Gasteiger partial charge on any atom is 0.127 e. The maximum absolute atomic E-state index is 10.8. The van der Waals surface area contributed by atoms with Crippen molar-refractivity contribution in [3.63, 3.8) is 0 Å². The van der Waals surface area contributed by atoms with E-state index in [0.717, 1.165) is 42.6 Å². The first-order chi connectivity index (χ1) is 13.5. The highest BCUT2D eigenvalue weighted by atomic mass is 16.5. The minimum atomic E-state index is -0.264. The first kappa shape index (κ1) is 21.2. The molecular formula is C25H38O3. The number of unbranched alkanes of at least 4 members (excludes halogenated alkanes) is 6. The van der Waals surface area contributed by atoms with E-state index < -0.39 is 0 Å². The number of aryl methyl sites for hydroxylation is 1. The van der Waals surface area contributed by atoms with E-state index >= 15 is 0 Å². The molecule has 3 nitrogen and oxygen atoms in total. The van der Waals surface area contributed by atoms with Crippen LogP contribution in [0.15, 0.2) is 23.8 Å². The number of fused-ring (bicyclic) bond motifs is 3. The fourth-order valence-corrected chi connectivity index (χ4v) is 5.08. The van der Waals surface area contributed by atoms with E-state index in [-0.39, 0.29) is 18.1 Å². The van der Waals surface area contributed by atoms with E-state index in [4.69, 9.17) is 4.74 Å². The van der Waals surface area contributed by atoms with Crippen LogP contribution in [0.3, 0.4) is 0 Å². The van der Waals surface area contributed by atoms with Gasteiger partial charge in [0.25, 0.3) is 0 Å². The zero-order valence-corrected chi connectivity index (χ0v) is 18.0. The van der Waals surface area contributed by atoms with Crippen molar-refractivity contribution in [2.24, 2.45) is 5.92 Å². The van der Waals surface area contributed by atoms with Gasteiger partial charge in [0, 0.05) is 17.4 Å². The van der Waals surface area contributed by atoms with Crippen molar-refractivity contribution in [1.82, 2.24) is 0 Å². The minimum Gasteiger partial charge on any atom is -0.508 e. The number of hydrogen-bond acceptors (Lipinski definition) is 3. The molecule has 0 fully saturated rings. The van der Waals surface area contributed by atoms with Crippen LogP contribution >= 0.6 is 0 Å². The van der Waals surface area contributed by atoms with E-state index in [1.165, 1.54) is 44.1 Å². The summed E-state index contributed by atoms with van der Waals surface area (Å²) in [6.07, 6.45) is 13.9. The Labute approximate surface area is 170 Å². The van der Waals surface area contributed by atoms with E-state index in [1.54, 1.807) is 0 Å². The summed E-state index contributed by atoms with van der Waals surface area (Å²) in [5.74, 6) is 1.78. The number of phenols is 1. The van der Waals surface area contributed by atoms with Crippen LogP contribution in [0.4, 0.5) is 0 Å². The fourth-order valence-electron chi connectivity index (χ4n) is 5.08. The molecule has 0 unspecified atom stereocenters. The number of ether oxygens (including phenoxy) is 1. The van der Waals surface area contributed by atoms with Gasteiger partial charge in [-0.15, -0.1) is 0 Å². The van der Waals surface area contributed by atoms with Gasteiger partial charge in [-0.05, 0) is 62.8 Å². The lowest BCUT2D eigenvalue weighted by molar-refractivity contribution is 0.00673. The smallest absolute Gasteiger partial charge is 0.127 e. The topological polar surface area (TPSA) is 49.7 Å². The van der Waals surface area contributed by atoms with Gasteiger partial charge in [0.05, 0.1) is 6.61 Å². The Morgan fingerprint density at radius 3 is 2.50 bits per heavy atom. The standard InChI is InChI=1S/C25H38O3/c1-4-5-6-7-8-9-10-11-18-15-22(27)24-20-14-19(17-26)12-13-21(20)25(2,3)28-23(24)16-18/h12,15-16,20-21,26-27H,4-11,13-14,17H2,1-3H3/t20-,21-/m1/s1. The average Bonchev–Trinajstić information content (AvgIpc) is 2.66. The molecule has 3 heteroatoms. The van der Waals surface area contributed by atoms with Gasteiger partial charge in [-0.3, -0.25) is 0 Å². The Balaban J connectivity index is 1.69. The number of aromatic hydroxyl groups is 1. The molecule has 156 valence electrons. The van der Waals surface area contributed by atoms with Crippen molar-refractivity contribution in [2.45, 2.75) is 96.5 Å². The van der Waals surface area contributed by atoms with Crippen LogP contribution in [0.25, 0.3) is 0 Å². The van der Waals surface area contributed by atoms with Crippen LogP contribution in [0.2, 0.25) is 0 Å². The van der Waals surface area contributed by atoms with Crippen molar-refractivity contribution >= 4 is 0 Å². The van der Waals surface area contributed by atoms with E-state index in [2.05, 4.69) is 32.9 Å². The molecule has 0 saturated heterocycles. The average molecular weight is 387 g/mol. The minimum absolute atomic E-state index is 0.108. The van der Waals surface area contributed by atoms with Crippen LogP contribution in [-0.4, -0.2) is 22.4 Å². The molecule has 0 saturated carbocycles. The summed E-state index contributed by atoms with van der Waals surface area (Å²) in [7, 11) is 0. The van der Waals surface area contributed by atoms with Crippen LogP contribution < -0.4 is 4.74 Å². The molecule has 2 atom stereocenters. The zero-order valence-electron chi connectivity index (χ0n) is 18.0. The zero-order chi connectivity index (χ0) is 20.1. The van der Waals surface area contributed by atoms with Gasteiger partial charge in [-0.1, -0.05) is 51.5 Å². The second-order valence-electron chi connectivity index (χ2n) is 9.28. The van der Waals surface area contributed by atoms with Crippen molar-refractivity contribution in [2.75, 3.05) is 6.61 Å². The largest absolute Gasteiger partial charge is 0.508 e. The molecule has 0 spiro atoms. The normalized spacial score (nSPS) is 22.8. The van der Waals surface area contributed by atoms with Crippen molar-refractivity contribution < 1.29 is 14.9 Å². The molecule has 0 radical (unpaired) electrons. The van der Waals surface area contributed by atoms with Crippen LogP contribution in [-0.2, 0) is 6.42 Å². The predicted molar refractivity (Wildman–Crippen MR) is 115 cm³/mol. The van der Waals surface area contributed by atoms with Crippen LogP contribution in [0.1, 0.15) is 95.6 Å². The molecule has 28 heavy (non-hydrogen) atoms. The molecule has 0 aromatic heterocycles. The van der Waals surface area contributed by atoms with E-state index in [9.17, 15) is 10.2 Å². The second-order valence-corrected chi connectivity index (χ2v) is 9.28. The van der Waals surface area contributed by atoms with Gasteiger partial charge in [-0.2, -0.15) is 0 Å². The summed E-state index contributed by atoms with van der Waals surface area (Å²) >= 11 is 0. The number of hydrogen-bond donors (Lipinski definition) is 2.